The Labute approximate surface area is 312 Å². The van der Waals surface area contributed by atoms with E-state index in [1.165, 1.54) is 20.8 Å². The number of hydrogen-bond donors (Lipinski definition) is 1. The molecule has 2 aromatic rings. The van der Waals surface area contributed by atoms with Crippen LogP contribution < -0.4 is 5.32 Å². The molecule has 1 saturated heterocycles. The summed E-state index contributed by atoms with van der Waals surface area (Å²) in [6.07, 6.45) is -8.74. The molecule has 2 aromatic carbocycles. The van der Waals surface area contributed by atoms with E-state index in [0.29, 0.717) is 11.1 Å². The predicted molar refractivity (Wildman–Crippen MR) is 185 cm³/mol. The summed E-state index contributed by atoms with van der Waals surface area (Å²) in [5.41, 5.74) is 1.33. The van der Waals surface area contributed by atoms with Gasteiger partial charge in [0.2, 0.25) is 0 Å². The molecule has 1 fully saturated rings. The van der Waals surface area contributed by atoms with E-state index in [1.807, 2.05) is 0 Å². The molecule has 3 rings (SSSR count). The first-order chi connectivity index (χ1) is 25.8. The topological polar surface area (TPSA) is 213 Å². The first-order valence-electron chi connectivity index (χ1n) is 17.3. The minimum atomic E-state index is -1.66. The lowest BCUT2D eigenvalue weighted by Crippen LogP contribution is -2.59. The van der Waals surface area contributed by atoms with Crippen molar-refractivity contribution in [1.82, 2.24) is 5.32 Å². The van der Waals surface area contributed by atoms with Gasteiger partial charge in [0.05, 0.1) is 32.5 Å². The number of carbonyl (C=O) groups is 8. The average molecular weight is 756 g/mol. The number of carbonyl (C=O) groups excluding carboxylic acids is 8. The second-order valence-corrected chi connectivity index (χ2v) is 12.4. The molecule has 0 aliphatic carbocycles. The molecule has 5 atom stereocenters. The Hall–Kier alpha value is -5.48. The predicted octanol–water partition coefficient (Wildman–Crippen LogP) is 3.24. The lowest BCUT2D eigenvalue weighted by atomic mass is 10.0. The Morgan fingerprint density at radius 2 is 1.09 bits per heavy atom. The fraction of sp³-hybridized carbons (Fsp3) is 0.474. The number of Topliss-reactive ketones (excluding diaryl/α,β-unsaturated/α-hetero) is 3. The van der Waals surface area contributed by atoms with E-state index in [4.69, 9.17) is 33.2 Å². The Morgan fingerprint density at radius 3 is 1.59 bits per heavy atom. The van der Waals surface area contributed by atoms with Crippen molar-refractivity contribution in [3.8, 4) is 0 Å². The molecule has 1 amide bonds. The van der Waals surface area contributed by atoms with E-state index in [1.54, 1.807) is 60.7 Å². The van der Waals surface area contributed by atoms with Gasteiger partial charge in [0.25, 0.3) is 0 Å². The minimum Gasteiger partial charge on any atom is -0.459 e. The van der Waals surface area contributed by atoms with Gasteiger partial charge in [0.1, 0.15) is 30.6 Å². The number of benzene rings is 2. The number of hydrogen-bond acceptors (Lipinski definition) is 15. The van der Waals surface area contributed by atoms with E-state index in [9.17, 15) is 38.4 Å². The monoisotopic (exact) mass is 755 g/mol. The maximum atomic E-state index is 13.3. The SMILES string of the molecule is CC(=O)CCC(=O)O[C@@H]1[C@@H](OC(=O)CCC(C)=O)[C@H](OC[C@H](NC(=O)OCc2ccccc2)C(=O)OCc2ccccc2)OC[C@H]1OC(=O)CCC(C)=O. The first kappa shape index (κ1) is 42.9. The van der Waals surface area contributed by atoms with Crippen molar-refractivity contribution in [2.75, 3.05) is 13.2 Å². The van der Waals surface area contributed by atoms with Crippen LogP contribution in [0.4, 0.5) is 4.79 Å². The molecule has 1 heterocycles. The van der Waals surface area contributed by atoms with Crippen molar-refractivity contribution in [2.45, 2.75) is 103 Å². The maximum Gasteiger partial charge on any atom is 0.408 e. The normalized spacial score (nSPS) is 18.3. The molecule has 1 aliphatic heterocycles. The molecular weight excluding hydrogens is 710 g/mol. The summed E-state index contributed by atoms with van der Waals surface area (Å²) in [5.74, 6) is -4.50. The largest absolute Gasteiger partial charge is 0.459 e. The van der Waals surface area contributed by atoms with Gasteiger partial charge in [-0.15, -0.1) is 0 Å². The second kappa shape index (κ2) is 22.6. The Morgan fingerprint density at radius 1 is 0.630 bits per heavy atom. The van der Waals surface area contributed by atoms with Gasteiger partial charge in [-0.05, 0) is 31.9 Å². The molecule has 1 N–H and O–H groups in total. The second-order valence-electron chi connectivity index (χ2n) is 12.4. The van der Waals surface area contributed by atoms with Crippen molar-refractivity contribution in [2.24, 2.45) is 0 Å². The molecule has 0 aromatic heterocycles. The Kier molecular flexibility index (Phi) is 17.9. The lowest BCUT2D eigenvalue weighted by Gasteiger charge is -2.40. The summed E-state index contributed by atoms with van der Waals surface area (Å²) in [6, 6.07) is 16.0. The Bertz CT molecular complexity index is 1600. The molecule has 292 valence electrons. The van der Waals surface area contributed by atoms with Crippen molar-refractivity contribution < 1.29 is 71.5 Å². The molecule has 54 heavy (non-hydrogen) atoms. The zero-order valence-corrected chi connectivity index (χ0v) is 30.4. The summed E-state index contributed by atoms with van der Waals surface area (Å²) < 4.78 is 39.1. The van der Waals surface area contributed by atoms with Gasteiger partial charge in [0, 0.05) is 19.3 Å². The van der Waals surface area contributed by atoms with E-state index in [0.717, 1.165) is 0 Å². The van der Waals surface area contributed by atoms with E-state index in [-0.39, 0.29) is 69.1 Å². The third-order valence-corrected chi connectivity index (χ3v) is 7.69. The van der Waals surface area contributed by atoms with Crippen LogP contribution in [0.25, 0.3) is 0 Å². The summed E-state index contributed by atoms with van der Waals surface area (Å²) >= 11 is 0. The van der Waals surface area contributed by atoms with E-state index in [2.05, 4.69) is 5.32 Å². The fourth-order valence-electron chi connectivity index (χ4n) is 4.83. The first-order valence-corrected chi connectivity index (χ1v) is 17.3. The molecule has 16 nitrogen and oxygen atoms in total. The third-order valence-electron chi connectivity index (χ3n) is 7.69. The van der Waals surface area contributed by atoms with E-state index >= 15 is 0 Å². The highest BCUT2D eigenvalue weighted by Gasteiger charge is 2.48. The number of alkyl carbamates (subject to hydrolysis) is 1. The summed E-state index contributed by atoms with van der Waals surface area (Å²) in [4.78, 5) is 99.3. The van der Waals surface area contributed by atoms with Crippen LogP contribution in [0.15, 0.2) is 60.7 Å². The molecule has 0 bridgehead atoms. The number of ketones is 3. The molecule has 16 heteroatoms. The maximum absolute atomic E-state index is 13.3. The number of amides is 1. The summed E-state index contributed by atoms with van der Waals surface area (Å²) in [7, 11) is 0. The highest BCUT2D eigenvalue weighted by atomic mass is 16.7. The highest BCUT2D eigenvalue weighted by molar-refractivity contribution is 5.83. The van der Waals surface area contributed by atoms with Crippen LogP contribution in [0.5, 0.6) is 0 Å². The third kappa shape index (κ3) is 16.0. The highest BCUT2D eigenvalue weighted by Crippen LogP contribution is 2.27. The molecular formula is C38H45NO15. The minimum absolute atomic E-state index is 0.119. The quantitative estimate of drug-likeness (QED) is 0.143. The van der Waals surface area contributed by atoms with Crippen molar-refractivity contribution in [3.05, 3.63) is 71.8 Å². The van der Waals surface area contributed by atoms with Crippen LogP contribution in [0, 0.1) is 0 Å². The van der Waals surface area contributed by atoms with Crippen LogP contribution in [-0.4, -0.2) is 91.2 Å². The fourth-order valence-corrected chi connectivity index (χ4v) is 4.83. The smallest absolute Gasteiger partial charge is 0.408 e. The van der Waals surface area contributed by atoms with Gasteiger partial charge < -0.3 is 52.9 Å². The van der Waals surface area contributed by atoms with Gasteiger partial charge in [0.15, 0.2) is 30.6 Å². The number of nitrogens with one attached hydrogen (secondary N) is 1. The summed E-state index contributed by atoms with van der Waals surface area (Å²) in [5, 5.41) is 2.40. The van der Waals surface area contributed by atoms with Gasteiger partial charge in [-0.1, -0.05) is 60.7 Å². The van der Waals surface area contributed by atoms with Crippen LogP contribution in [0.1, 0.15) is 70.4 Å². The Balaban J connectivity index is 1.86. The van der Waals surface area contributed by atoms with Gasteiger partial charge in [-0.25, -0.2) is 9.59 Å². The average Bonchev–Trinajstić information content (AvgIpc) is 3.14. The van der Waals surface area contributed by atoms with Crippen LogP contribution in [-0.2, 0) is 79.9 Å². The van der Waals surface area contributed by atoms with Crippen molar-refractivity contribution >= 4 is 47.3 Å². The van der Waals surface area contributed by atoms with E-state index < -0.39 is 73.8 Å². The van der Waals surface area contributed by atoms with Crippen molar-refractivity contribution in [3.63, 3.8) is 0 Å². The molecule has 0 radical (unpaired) electrons. The van der Waals surface area contributed by atoms with Gasteiger partial charge in [-0.3, -0.25) is 14.4 Å². The molecule has 0 spiro atoms. The molecule has 0 unspecified atom stereocenters. The number of rotatable bonds is 21. The molecule has 0 saturated carbocycles. The van der Waals surface area contributed by atoms with Crippen LogP contribution in [0.2, 0.25) is 0 Å². The van der Waals surface area contributed by atoms with Gasteiger partial charge in [-0.2, -0.15) is 0 Å². The summed E-state index contributed by atoms with van der Waals surface area (Å²) in [6.45, 7) is 2.45. The lowest BCUT2D eigenvalue weighted by molar-refractivity contribution is -0.282. The standard InChI is InChI=1S/C38H45NO15/c1-24(40)14-17-31(43)52-30-23-50-37(35(54-33(45)19-16-26(3)42)34(30)53-32(44)18-15-25(2)41)49-22-29(36(46)48-20-27-10-6-4-7-11-27)39-38(47)51-21-28-12-8-5-9-13-28/h4-13,29-30,34-35,37H,14-23H2,1-3H3,(H,39,47)/t29-,30+,34-,35+,37+/m0/s1. The number of esters is 4. The van der Waals surface area contributed by atoms with Crippen LogP contribution in [0.3, 0.4) is 0 Å². The zero-order chi connectivity index (χ0) is 39.5. The van der Waals surface area contributed by atoms with Crippen molar-refractivity contribution in [1.29, 1.82) is 0 Å². The molecule has 1 aliphatic rings. The zero-order valence-electron chi connectivity index (χ0n) is 30.4. The van der Waals surface area contributed by atoms with Crippen LogP contribution >= 0.6 is 0 Å². The van der Waals surface area contributed by atoms with Gasteiger partial charge >= 0.3 is 30.0 Å². The number of ether oxygens (including phenoxy) is 7.